The zero-order chi connectivity index (χ0) is 23.1. The maximum absolute atomic E-state index is 13.3. The van der Waals surface area contributed by atoms with Crippen molar-refractivity contribution in [3.63, 3.8) is 0 Å². The molecule has 2 aliphatic carbocycles. The smallest absolute Gasteiger partial charge is 0.229 e. The largest absolute Gasteiger partial charge is 0.497 e. The number of carbonyl (C=O) groups excluding carboxylic acids is 1. The van der Waals surface area contributed by atoms with Crippen LogP contribution in [0.3, 0.4) is 0 Å². The van der Waals surface area contributed by atoms with Crippen molar-refractivity contribution in [1.82, 2.24) is 10.2 Å². The molecule has 1 heterocycles. The van der Waals surface area contributed by atoms with Gasteiger partial charge in [-0.2, -0.15) is 0 Å². The number of carbonyl (C=O) groups is 1. The number of allylic oxidation sites excluding steroid dienone is 6. The van der Waals surface area contributed by atoms with Crippen LogP contribution < -0.4 is 5.32 Å². The summed E-state index contributed by atoms with van der Waals surface area (Å²) in [5, 5.41) is 3.66. The van der Waals surface area contributed by atoms with Crippen molar-refractivity contribution >= 4 is 5.91 Å². The van der Waals surface area contributed by atoms with E-state index in [1.807, 2.05) is 12.2 Å². The fourth-order valence-electron chi connectivity index (χ4n) is 5.19. The summed E-state index contributed by atoms with van der Waals surface area (Å²) in [6, 6.07) is 10.7. The molecule has 0 saturated carbocycles. The first-order valence-electron chi connectivity index (χ1n) is 12.2. The van der Waals surface area contributed by atoms with Crippen molar-refractivity contribution in [2.45, 2.75) is 43.9 Å². The summed E-state index contributed by atoms with van der Waals surface area (Å²) in [4.78, 5) is 15.4. The van der Waals surface area contributed by atoms with E-state index in [0.29, 0.717) is 0 Å². The molecule has 1 fully saturated rings. The number of ether oxygens (including phenoxy) is 1. The molecule has 33 heavy (non-hydrogen) atoms. The van der Waals surface area contributed by atoms with Crippen LogP contribution in [-0.2, 0) is 14.9 Å². The molecule has 4 rings (SSSR count). The molecule has 3 aliphatic rings. The Morgan fingerprint density at radius 3 is 2.70 bits per heavy atom. The number of hydrogen-bond acceptors (Lipinski definition) is 3. The lowest BCUT2D eigenvalue weighted by molar-refractivity contribution is -0.135. The topological polar surface area (TPSA) is 41.6 Å². The van der Waals surface area contributed by atoms with Crippen LogP contribution in [-0.4, -0.2) is 37.6 Å². The summed E-state index contributed by atoms with van der Waals surface area (Å²) in [7, 11) is 1.68. The molecule has 1 aromatic carbocycles. The number of hydrogen-bond donors (Lipinski definition) is 1. The average Bonchev–Trinajstić information content (AvgIpc) is 3.14. The molecular weight excluding hydrogens is 408 g/mol. The first kappa shape index (κ1) is 23.2. The second kappa shape index (κ2) is 10.7. The van der Waals surface area contributed by atoms with Crippen LogP contribution in [0.2, 0.25) is 0 Å². The van der Waals surface area contributed by atoms with Crippen molar-refractivity contribution < 1.29 is 9.53 Å². The molecule has 174 valence electrons. The number of methoxy groups -OCH3 is 1. The van der Waals surface area contributed by atoms with Gasteiger partial charge in [0.25, 0.3) is 0 Å². The van der Waals surface area contributed by atoms with Crippen LogP contribution >= 0.6 is 0 Å². The molecule has 4 heteroatoms. The van der Waals surface area contributed by atoms with E-state index in [9.17, 15) is 4.79 Å². The van der Waals surface area contributed by atoms with Gasteiger partial charge in [0.15, 0.2) is 0 Å². The van der Waals surface area contributed by atoms with Crippen LogP contribution in [0.15, 0.2) is 90.4 Å². The molecule has 1 aliphatic heterocycles. The highest BCUT2D eigenvalue weighted by molar-refractivity contribution is 5.81. The van der Waals surface area contributed by atoms with E-state index in [0.717, 1.165) is 69.6 Å². The third-order valence-corrected chi connectivity index (χ3v) is 7.33. The second-order valence-corrected chi connectivity index (χ2v) is 9.25. The highest BCUT2D eigenvalue weighted by atomic mass is 16.5. The maximum atomic E-state index is 13.3. The van der Waals surface area contributed by atoms with Crippen LogP contribution in [0, 0.1) is 5.92 Å². The Morgan fingerprint density at radius 1 is 1.21 bits per heavy atom. The normalized spacial score (nSPS) is 22.1. The predicted molar refractivity (Wildman–Crippen MR) is 134 cm³/mol. The highest BCUT2D eigenvalue weighted by Gasteiger charge is 2.40. The molecule has 0 radical (unpaired) electrons. The highest BCUT2D eigenvalue weighted by Crippen LogP contribution is 2.41. The van der Waals surface area contributed by atoms with Gasteiger partial charge in [0, 0.05) is 30.7 Å². The summed E-state index contributed by atoms with van der Waals surface area (Å²) in [5.74, 6) is 1.00. The van der Waals surface area contributed by atoms with E-state index in [4.69, 9.17) is 4.74 Å². The Bertz CT molecular complexity index is 963. The van der Waals surface area contributed by atoms with Crippen molar-refractivity contribution in [2.75, 3.05) is 26.7 Å². The summed E-state index contributed by atoms with van der Waals surface area (Å²) >= 11 is 0. The molecule has 1 N–H and O–H groups in total. The monoisotopic (exact) mass is 444 g/mol. The van der Waals surface area contributed by atoms with Crippen molar-refractivity contribution in [3.05, 3.63) is 96.0 Å². The molecule has 0 spiro atoms. The van der Waals surface area contributed by atoms with Gasteiger partial charge in [0.05, 0.1) is 13.0 Å². The fourth-order valence-corrected chi connectivity index (χ4v) is 5.19. The Morgan fingerprint density at radius 2 is 2.00 bits per heavy atom. The van der Waals surface area contributed by atoms with E-state index in [1.54, 1.807) is 7.11 Å². The van der Waals surface area contributed by atoms with Crippen LogP contribution in [0.1, 0.15) is 44.1 Å². The molecule has 0 unspecified atom stereocenters. The van der Waals surface area contributed by atoms with Gasteiger partial charge >= 0.3 is 0 Å². The number of benzene rings is 1. The summed E-state index contributed by atoms with van der Waals surface area (Å²) in [5.41, 5.74) is 3.61. The lowest BCUT2D eigenvalue weighted by atomic mass is 9.70. The van der Waals surface area contributed by atoms with Gasteiger partial charge in [-0.25, -0.2) is 0 Å². The molecule has 4 nitrogen and oxygen atoms in total. The predicted octanol–water partition coefficient (Wildman–Crippen LogP) is 5.42. The van der Waals surface area contributed by atoms with E-state index in [2.05, 4.69) is 71.4 Å². The minimum atomic E-state index is -0.160. The summed E-state index contributed by atoms with van der Waals surface area (Å²) in [6.45, 7) is 6.83. The molecule has 1 aromatic rings. The molecule has 0 bridgehead atoms. The summed E-state index contributed by atoms with van der Waals surface area (Å²) < 4.78 is 5.34. The zero-order valence-electron chi connectivity index (χ0n) is 19.8. The van der Waals surface area contributed by atoms with Gasteiger partial charge in [-0.15, -0.1) is 0 Å². The van der Waals surface area contributed by atoms with Crippen LogP contribution in [0.5, 0.6) is 0 Å². The van der Waals surface area contributed by atoms with Gasteiger partial charge in [-0.1, -0.05) is 66.8 Å². The minimum absolute atomic E-state index is 0.0780. The first-order chi connectivity index (χ1) is 16.1. The maximum Gasteiger partial charge on any atom is 0.229 e. The van der Waals surface area contributed by atoms with Gasteiger partial charge in [-0.3, -0.25) is 4.79 Å². The molecule has 0 aromatic heterocycles. The lowest BCUT2D eigenvalue weighted by Gasteiger charge is -2.44. The van der Waals surface area contributed by atoms with E-state index >= 15 is 0 Å². The third kappa shape index (κ3) is 5.32. The number of piperidine rings is 1. The van der Waals surface area contributed by atoms with Crippen molar-refractivity contribution in [2.24, 2.45) is 5.92 Å². The number of rotatable bonds is 7. The minimum Gasteiger partial charge on any atom is -0.497 e. The second-order valence-electron chi connectivity index (χ2n) is 9.25. The number of amides is 1. The Hall–Kier alpha value is -3.01. The van der Waals surface area contributed by atoms with Crippen LogP contribution in [0.25, 0.3) is 0 Å². The Kier molecular flexibility index (Phi) is 7.54. The van der Waals surface area contributed by atoms with Crippen LogP contribution in [0.4, 0.5) is 0 Å². The summed E-state index contributed by atoms with van der Waals surface area (Å²) in [6.07, 6.45) is 18.3. The van der Waals surface area contributed by atoms with Crippen molar-refractivity contribution in [3.8, 4) is 0 Å². The Balaban J connectivity index is 1.45. The average molecular weight is 445 g/mol. The van der Waals surface area contributed by atoms with Crippen molar-refractivity contribution in [1.29, 1.82) is 0 Å². The third-order valence-electron chi connectivity index (χ3n) is 7.33. The van der Waals surface area contributed by atoms with Gasteiger partial charge in [-0.05, 0) is 56.2 Å². The fraction of sp³-hybridized carbons (Fsp3) is 0.414. The van der Waals surface area contributed by atoms with Gasteiger partial charge in [0.1, 0.15) is 5.76 Å². The van der Waals surface area contributed by atoms with E-state index in [1.165, 1.54) is 11.1 Å². The van der Waals surface area contributed by atoms with E-state index < -0.39 is 0 Å². The molecule has 1 atom stereocenters. The molecule has 1 amide bonds. The number of likely N-dealkylation sites (tertiary alicyclic amines) is 1. The van der Waals surface area contributed by atoms with Gasteiger partial charge < -0.3 is 15.0 Å². The number of nitrogens with one attached hydrogen (secondary N) is 1. The quantitative estimate of drug-likeness (QED) is 0.610. The molecule has 1 saturated heterocycles. The lowest BCUT2D eigenvalue weighted by Crippen LogP contribution is -2.49. The zero-order valence-corrected chi connectivity index (χ0v) is 19.8. The van der Waals surface area contributed by atoms with Gasteiger partial charge in [0.2, 0.25) is 5.91 Å². The number of nitrogens with zero attached hydrogens (tertiary/aromatic N) is 1. The Labute approximate surface area is 198 Å². The van der Waals surface area contributed by atoms with E-state index in [-0.39, 0.29) is 17.2 Å². The standard InChI is InChI=1S/C29H36N2O2/c1-23(30-22-24-10-5-3-6-11-24)29(26-13-7-4-8-14-26)18-20-31(21-19-29)28(32)25-12-9-15-27(33-2)17-16-25/h3-5,7-8,10,13-17,25,30H,1,6,9,11-12,18-22H2,2H3/t25-/m1/s1. The molecular formula is C29H36N2O2. The SMILES string of the molecule is C=C(NCC1=CC=CCC1)C1(c2ccccc2)CCN(C(=O)[C@H]2C=CC(OC)=CCC2)CC1. The first-order valence-corrected chi connectivity index (χ1v) is 12.2.